The number of hydrogen-bond donors (Lipinski definition) is 1. The fourth-order valence-corrected chi connectivity index (χ4v) is 4.96. The summed E-state index contributed by atoms with van der Waals surface area (Å²) in [5, 5.41) is 3.92. The quantitative estimate of drug-likeness (QED) is 0.737. The molecule has 2 saturated carbocycles. The monoisotopic (exact) mass is 265 g/mol. The molecule has 0 aromatic carbocycles. The second-order valence-electron chi connectivity index (χ2n) is 7.49. The van der Waals surface area contributed by atoms with Gasteiger partial charge in [-0.1, -0.05) is 47.0 Å². The van der Waals surface area contributed by atoms with E-state index in [1.54, 1.807) is 0 Å². The van der Waals surface area contributed by atoms with Crippen LogP contribution < -0.4 is 5.32 Å². The highest BCUT2D eigenvalue weighted by atomic mass is 14.9. The summed E-state index contributed by atoms with van der Waals surface area (Å²) < 4.78 is 0. The predicted molar refractivity (Wildman–Crippen MR) is 84.3 cm³/mol. The largest absolute Gasteiger partial charge is 0.313 e. The van der Waals surface area contributed by atoms with Gasteiger partial charge in [-0.25, -0.2) is 0 Å². The number of rotatable bonds is 5. The van der Waals surface area contributed by atoms with Crippen LogP contribution in [0.25, 0.3) is 0 Å². The van der Waals surface area contributed by atoms with E-state index in [0.717, 1.165) is 30.3 Å². The molecule has 1 heteroatoms. The molecule has 0 bridgehead atoms. The standard InChI is InChI=1S/C18H35N/c1-5-18(11-7-8-12-18)17(19-6-2)16-10-9-14(3)15(4)13-16/h14-17,19H,5-13H2,1-4H3. The highest BCUT2D eigenvalue weighted by Gasteiger charge is 2.44. The van der Waals surface area contributed by atoms with Gasteiger partial charge in [0, 0.05) is 6.04 Å². The molecule has 0 spiro atoms. The number of nitrogens with one attached hydrogen (secondary N) is 1. The van der Waals surface area contributed by atoms with Gasteiger partial charge in [-0.2, -0.15) is 0 Å². The van der Waals surface area contributed by atoms with Gasteiger partial charge in [0.1, 0.15) is 0 Å². The zero-order valence-electron chi connectivity index (χ0n) is 13.7. The molecule has 2 fully saturated rings. The van der Waals surface area contributed by atoms with E-state index >= 15 is 0 Å². The van der Waals surface area contributed by atoms with Gasteiger partial charge in [0.2, 0.25) is 0 Å². The summed E-state index contributed by atoms with van der Waals surface area (Å²) in [6, 6.07) is 0.792. The van der Waals surface area contributed by atoms with Crippen LogP contribution in [0.4, 0.5) is 0 Å². The van der Waals surface area contributed by atoms with Crippen molar-refractivity contribution >= 4 is 0 Å². The Balaban J connectivity index is 2.10. The molecule has 1 nitrogen and oxygen atoms in total. The number of hydrogen-bond acceptors (Lipinski definition) is 1. The zero-order chi connectivity index (χ0) is 13.9. The lowest BCUT2D eigenvalue weighted by Gasteiger charge is -2.46. The Morgan fingerprint density at radius 1 is 1.05 bits per heavy atom. The van der Waals surface area contributed by atoms with E-state index in [4.69, 9.17) is 0 Å². The Labute approximate surface area is 120 Å². The van der Waals surface area contributed by atoms with Gasteiger partial charge in [-0.05, 0) is 61.8 Å². The average Bonchev–Trinajstić information content (AvgIpc) is 2.89. The molecule has 2 aliphatic carbocycles. The van der Waals surface area contributed by atoms with Crippen LogP contribution in [0.5, 0.6) is 0 Å². The van der Waals surface area contributed by atoms with Gasteiger partial charge in [0.15, 0.2) is 0 Å². The maximum atomic E-state index is 3.92. The fourth-order valence-electron chi connectivity index (χ4n) is 4.96. The summed E-state index contributed by atoms with van der Waals surface area (Å²) in [7, 11) is 0. The second kappa shape index (κ2) is 6.61. The summed E-state index contributed by atoms with van der Waals surface area (Å²) in [5.41, 5.74) is 0.626. The Morgan fingerprint density at radius 3 is 2.26 bits per heavy atom. The molecule has 2 aliphatic rings. The molecule has 0 aromatic heterocycles. The Morgan fingerprint density at radius 2 is 1.74 bits per heavy atom. The molecule has 0 radical (unpaired) electrons. The summed E-state index contributed by atoms with van der Waals surface area (Å²) >= 11 is 0. The van der Waals surface area contributed by atoms with Crippen molar-refractivity contribution in [3.63, 3.8) is 0 Å². The van der Waals surface area contributed by atoms with Crippen LogP contribution in [0.15, 0.2) is 0 Å². The zero-order valence-corrected chi connectivity index (χ0v) is 13.7. The minimum atomic E-state index is 0.626. The Kier molecular flexibility index (Phi) is 5.34. The predicted octanol–water partition coefficient (Wildman–Crippen LogP) is 5.01. The van der Waals surface area contributed by atoms with Crippen molar-refractivity contribution in [3.05, 3.63) is 0 Å². The van der Waals surface area contributed by atoms with Gasteiger partial charge in [-0.3, -0.25) is 0 Å². The van der Waals surface area contributed by atoms with Crippen LogP contribution in [0.1, 0.15) is 79.1 Å². The van der Waals surface area contributed by atoms with Crippen molar-refractivity contribution in [3.8, 4) is 0 Å². The van der Waals surface area contributed by atoms with E-state index in [0.29, 0.717) is 5.41 Å². The van der Waals surface area contributed by atoms with Crippen molar-refractivity contribution in [2.24, 2.45) is 23.2 Å². The average molecular weight is 265 g/mol. The molecule has 112 valence electrons. The lowest BCUT2D eigenvalue weighted by atomic mass is 9.64. The first-order valence-corrected chi connectivity index (χ1v) is 8.86. The van der Waals surface area contributed by atoms with E-state index in [-0.39, 0.29) is 0 Å². The van der Waals surface area contributed by atoms with Gasteiger partial charge >= 0.3 is 0 Å². The van der Waals surface area contributed by atoms with E-state index in [1.165, 1.54) is 51.4 Å². The Bertz CT molecular complexity index is 267. The summed E-state index contributed by atoms with van der Waals surface area (Å²) in [6.45, 7) is 10.8. The summed E-state index contributed by atoms with van der Waals surface area (Å²) in [4.78, 5) is 0. The molecule has 4 unspecified atom stereocenters. The fraction of sp³-hybridized carbons (Fsp3) is 1.00. The van der Waals surface area contributed by atoms with Gasteiger partial charge < -0.3 is 5.32 Å². The lowest BCUT2D eigenvalue weighted by molar-refractivity contribution is 0.0810. The summed E-state index contributed by atoms with van der Waals surface area (Å²) in [6.07, 6.45) is 11.6. The van der Waals surface area contributed by atoms with E-state index < -0.39 is 0 Å². The molecule has 0 aliphatic heterocycles. The first kappa shape index (κ1) is 15.4. The van der Waals surface area contributed by atoms with Crippen LogP contribution in [0.3, 0.4) is 0 Å². The lowest BCUT2D eigenvalue weighted by Crippen LogP contribution is -2.50. The minimum Gasteiger partial charge on any atom is -0.313 e. The van der Waals surface area contributed by atoms with Gasteiger partial charge in [0.05, 0.1) is 0 Å². The molecular weight excluding hydrogens is 230 g/mol. The minimum absolute atomic E-state index is 0.626. The Hall–Kier alpha value is -0.0400. The van der Waals surface area contributed by atoms with Crippen LogP contribution in [-0.2, 0) is 0 Å². The van der Waals surface area contributed by atoms with E-state index in [9.17, 15) is 0 Å². The molecular formula is C18H35N. The van der Waals surface area contributed by atoms with Gasteiger partial charge in [-0.15, -0.1) is 0 Å². The first-order valence-electron chi connectivity index (χ1n) is 8.86. The summed E-state index contributed by atoms with van der Waals surface area (Å²) in [5.74, 6) is 2.80. The molecule has 0 heterocycles. The molecule has 0 amide bonds. The SMILES string of the molecule is CCNC(C1CCC(C)C(C)C1)C1(CC)CCCC1. The van der Waals surface area contributed by atoms with Gasteiger partial charge in [0.25, 0.3) is 0 Å². The highest BCUT2D eigenvalue weighted by molar-refractivity contribution is 4.98. The van der Waals surface area contributed by atoms with E-state index in [2.05, 4.69) is 33.0 Å². The van der Waals surface area contributed by atoms with Crippen LogP contribution in [0, 0.1) is 23.2 Å². The van der Waals surface area contributed by atoms with Crippen molar-refractivity contribution < 1.29 is 0 Å². The maximum Gasteiger partial charge on any atom is 0.0152 e. The van der Waals surface area contributed by atoms with Crippen molar-refractivity contribution in [1.29, 1.82) is 0 Å². The third-order valence-corrected chi connectivity index (χ3v) is 6.50. The third-order valence-electron chi connectivity index (χ3n) is 6.50. The molecule has 2 rings (SSSR count). The molecule has 0 aromatic rings. The van der Waals surface area contributed by atoms with Crippen LogP contribution in [0.2, 0.25) is 0 Å². The molecule has 0 saturated heterocycles. The molecule has 4 atom stereocenters. The van der Waals surface area contributed by atoms with Crippen molar-refractivity contribution in [2.75, 3.05) is 6.54 Å². The third kappa shape index (κ3) is 3.17. The second-order valence-corrected chi connectivity index (χ2v) is 7.49. The van der Waals surface area contributed by atoms with Crippen LogP contribution >= 0.6 is 0 Å². The first-order chi connectivity index (χ1) is 9.13. The van der Waals surface area contributed by atoms with Crippen molar-refractivity contribution in [1.82, 2.24) is 5.32 Å². The highest BCUT2D eigenvalue weighted by Crippen LogP contribution is 2.49. The van der Waals surface area contributed by atoms with E-state index in [1.807, 2.05) is 0 Å². The smallest absolute Gasteiger partial charge is 0.0152 e. The van der Waals surface area contributed by atoms with Crippen LogP contribution in [-0.4, -0.2) is 12.6 Å². The maximum absolute atomic E-state index is 3.92. The molecule has 1 N–H and O–H groups in total. The van der Waals surface area contributed by atoms with Crippen molar-refractivity contribution in [2.45, 2.75) is 85.1 Å². The topological polar surface area (TPSA) is 12.0 Å². The molecule has 19 heavy (non-hydrogen) atoms. The normalized spacial score (nSPS) is 36.3.